The molecule has 5 heteroatoms. The molecule has 0 saturated heterocycles. The summed E-state index contributed by atoms with van der Waals surface area (Å²) < 4.78 is 6.98. The van der Waals surface area contributed by atoms with Crippen LogP contribution in [0.5, 0.6) is 0 Å². The quantitative estimate of drug-likeness (QED) is 0.174. The molecule has 0 spiro atoms. The Hall–Kier alpha value is -6.72. The van der Waals surface area contributed by atoms with Crippen LogP contribution >= 0.6 is 0 Å². The fourth-order valence-corrected chi connectivity index (χ4v) is 9.52. The van der Waals surface area contributed by atoms with Crippen molar-refractivity contribution in [1.29, 1.82) is 0 Å². The van der Waals surface area contributed by atoms with Gasteiger partial charge >= 0.3 is 0 Å². The number of pyridine rings is 1. The first kappa shape index (κ1) is 37.5. The standard InChI is InChI=1S/C55H51N5/c1-34-29-35(2)50(36(3)30-34)51-52(37-17-11-10-12-18-37)60(57-53(51)55(7,8)9)40-24-26-43-41-19-13-15-21-45(41)58(47(43)33-40)39-23-25-44-42-20-14-16-22-46(42)59(48(44)32-39)49-31-38(27-28-56-49)54(4,5)6/h10-33H,1-9H3. The van der Waals surface area contributed by atoms with E-state index in [4.69, 9.17) is 10.1 Å². The monoisotopic (exact) mass is 781 g/mol. The summed E-state index contributed by atoms with van der Waals surface area (Å²) >= 11 is 0. The molecule has 0 unspecified atom stereocenters. The lowest BCUT2D eigenvalue weighted by atomic mass is 9.82. The second-order valence-corrected chi connectivity index (χ2v) is 18.6. The number of para-hydroxylation sites is 2. The first-order valence-corrected chi connectivity index (χ1v) is 21.1. The van der Waals surface area contributed by atoms with E-state index in [0.717, 1.165) is 56.2 Å². The Kier molecular flexibility index (Phi) is 8.55. The van der Waals surface area contributed by atoms with Crippen molar-refractivity contribution in [1.82, 2.24) is 23.9 Å². The molecule has 0 fully saturated rings. The van der Waals surface area contributed by atoms with Gasteiger partial charge in [-0.3, -0.25) is 4.57 Å². The number of aryl methyl sites for hydroxylation is 3. The SMILES string of the molecule is Cc1cc(C)c(-c2c(C(C)(C)C)nn(-c3ccc4c5ccccc5n(-c5ccc6c7ccccc7n(-c7cc(C(C)(C)C)ccn7)c6c5)c4c3)c2-c2ccccc2)c(C)c1. The van der Waals surface area contributed by atoms with Gasteiger partial charge < -0.3 is 4.57 Å². The maximum absolute atomic E-state index is 5.60. The smallest absolute Gasteiger partial charge is 0.137 e. The zero-order chi connectivity index (χ0) is 41.7. The maximum atomic E-state index is 5.60. The Morgan fingerprint density at radius 2 is 1.02 bits per heavy atom. The molecule has 0 aliphatic heterocycles. The zero-order valence-electron chi connectivity index (χ0n) is 36.1. The number of rotatable bonds is 5. The molecule has 0 atom stereocenters. The number of hydrogen-bond donors (Lipinski definition) is 0. The van der Waals surface area contributed by atoms with Crippen molar-refractivity contribution in [2.75, 3.05) is 0 Å². The van der Waals surface area contributed by atoms with Crippen LogP contribution in [-0.2, 0) is 10.8 Å². The normalized spacial score (nSPS) is 12.4. The Labute approximate surface area is 352 Å². The number of aromatic nitrogens is 5. The van der Waals surface area contributed by atoms with E-state index in [0.29, 0.717) is 0 Å². The number of hydrogen-bond acceptors (Lipinski definition) is 2. The van der Waals surface area contributed by atoms with Crippen LogP contribution in [0.1, 0.15) is 69.5 Å². The second-order valence-electron chi connectivity index (χ2n) is 18.6. The molecule has 10 rings (SSSR count). The van der Waals surface area contributed by atoms with Gasteiger partial charge in [-0.1, -0.05) is 138 Å². The zero-order valence-corrected chi connectivity index (χ0v) is 36.1. The van der Waals surface area contributed by atoms with E-state index in [1.54, 1.807) is 0 Å². The molecule has 0 saturated carbocycles. The molecule has 6 aromatic carbocycles. The Morgan fingerprint density at radius 1 is 0.467 bits per heavy atom. The van der Waals surface area contributed by atoms with Gasteiger partial charge in [-0.05, 0) is 97.0 Å². The van der Waals surface area contributed by atoms with Crippen molar-refractivity contribution < 1.29 is 0 Å². The third-order valence-corrected chi connectivity index (χ3v) is 12.2. The molecule has 4 aromatic heterocycles. The summed E-state index contributed by atoms with van der Waals surface area (Å²) in [7, 11) is 0. The summed E-state index contributed by atoms with van der Waals surface area (Å²) in [6.45, 7) is 20.3. The molecule has 4 heterocycles. The van der Waals surface area contributed by atoms with Gasteiger partial charge in [-0.15, -0.1) is 0 Å². The van der Waals surface area contributed by atoms with Crippen molar-refractivity contribution in [3.8, 4) is 39.6 Å². The minimum atomic E-state index is -0.220. The predicted molar refractivity (Wildman–Crippen MR) is 253 cm³/mol. The van der Waals surface area contributed by atoms with E-state index in [1.165, 1.54) is 54.9 Å². The van der Waals surface area contributed by atoms with Crippen molar-refractivity contribution in [3.05, 3.63) is 174 Å². The van der Waals surface area contributed by atoms with E-state index in [2.05, 4.69) is 216 Å². The molecule has 0 radical (unpaired) electrons. The van der Waals surface area contributed by atoms with E-state index in [-0.39, 0.29) is 10.8 Å². The largest absolute Gasteiger partial charge is 0.309 e. The average molecular weight is 782 g/mol. The van der Waals surface area contributed by atoms with Crippen molar-refractivity contribution in [3.63, 3.8) is 0 Å². The van der Waals surface area contributed by atoms with Gasteiger partial charge in [-0.2, -0.15) is 5.10 Å². The first-order chi connectivity index (χ1) is 28.8. The molecule has 0 aliphatic carbocycles. The highest BCUT2D eigenvalue weighted by Crippen LogP contribution is 2.45. The first-order valence-electron chi connectivity index (χ1n) is 21.1. The minimum absolute atomic E-state index is 0.0105. The third-order valence-electron chi connectivity index (χ3n) is 12.2. The van der Waals surface area contributed by atoms with Crippen molar-refractivity contribution in [2.45, 2.75) is 73.1 Å². The van der Waals surface area contributed by atoms with Crippen LogP contribution in [0.2, 0.25) is 0 Å². The van der Waals surface area contributed by atoms with Crippen LogP contribution in [0, 0.1) is 20.8 Å². The molecular formula is C55H51N5. The third kappa shape index (κ3) is 5.98. The van der Waals surface area contributed by atoms with Gasteiger partial charge in [0, 0.05) is 50.0 Å². The van der Waals surface area contributed by atoms with E-state index >= 15 is 0 Å². The maximum Gasteiger partial charge on any atom is 0.137 e. The van der Waals surface area contributed by atoms with Crippen LogP contribution in [0.4, 0.5) is 0 Å². The number of nitrogens with zero attached hydrogens (tertiary/aromatic N) is 5. The number of benzene rings is 6. The van der Waals surface area contributed by atoms with Crippen molar-refractivity contribution >= 4 is 43.6 Å². The van der Waals surface area contributed by atoms with Crippen LogP contribution in [-0.4, -0.2) is 23.9 Å². The molecular weight excluding hydrogens is 731 g/mol. The summed E-state index contributed by atoms with van der Waals surface area (Å²) in [5.74, 6) is 0.923. The van der Waals surface area contributed by atoms with Gasteiger partial charge in [-0.25, -0.2) is 9.67 Å². The predicted octanol–water partition coefficient (Wildman–Crippen LogP) is 14.3. The highest BCUT2D eigenvalue weighted by molar-refractivity contribution is 6.12. The average Bonchev–Trinajstić information content (AvgIpc) is 3.88. The van der Waals surface area contributed by atoms with E-state index in [1.807, 2.05) is 6.20 Å². The van der Waals surface area contributed by atoms with Crippen LogP contribution in [0.15, 0.2) is 146 Å². The molecule has 0 N–H and O–H groups in total. The topological polar surface area (TPSA) is 40.6 Å². The summed E-state index contributed by atoms with van der Waals surface area (Å²) in [6, 6.07) is 51.0. The van der Waals surface area contributed by atoms with Gasteiger partial charge in [0.05, 0.1) is 39.1 Å². The van der Waals surface area contributed by atoms with Gasteiger partial charge in [0.2, 0.25) is 0 Å². The Balaban J connectivity index is 1.26. The lowest BCUT2D eigenvalue weighted by Gasteiger charge is -2.21. The molecule has 296 valence electrons. The van der Waals surface area contributed by atoms with E-state index < -0.39 is 0 Å². The Bertz CT molecular complexity index is 3280. The summed E-state index contributed by atoms with van der Waals surface area (Å²) in [4.78, 5) is 4.98. The van der Waals surface area contributed by atoms with Crippen LogP contribution in [0.25, 0.3) is 83.2 Å². The fourth-order valence-electron chi connectivity index (χ4n) is 9.52. The van der Waals surface area contributed by atoms with Crippen molar-refractivity contribution in [2.24, 2.45) is 0 Å². The van der Waals surface area contributed by atoms with Crippen LogP contribution in [0.3, 0.4) is 0 Å². The number of fused-ring (bicyclic) bond motifs is 6. The highest BCUT2D eigenvalue weighted by Gasteiger charge is 2.31. The molecule has 5 nitrogen and oxygen atoms in total. The highest BCUT2D eigenvalue weighted by atomic mass is 15.3. The van der Waals surface area contributed by atoms with Gasteiger partial charge in [0.1, 0.15) is 5.82 Å². The van der Waals surface area contributed by atoms with Gasteiger partial charge in [0.15, 0.2) is 0 Å². The molecule has 60 heavy (non-hydrogen) atoms. The molecule has 0 bridgehead atoms. The summed E-state index contributed by atoms with van der Waals surface area (Å²) in [5.41, 5.74) is 17.3. The lowest BCUT2D eigenvalue weighted by molar-refractivity contribution is 0.562. The van der Waals surface area contributed by atoms with E-state index in [9.17, 15) is 0 Å². The van der Waals surface area contributed by atoms with Gasteiger partial charge in [0.25, 0.3) is 0 Å². The fraction of sp³-hybridized carbons (Fsp3) is 0.200. The molecule has 0 amide bonds. The summed E-state index contributed by atoms with van der Waals surface area (Å²) in [6.07, 6.45) is 1.95. The second kappa shape index (κ2) is 13.7. The summed E-state index contributed by atoms with van der Waals surface area (Å²) in [5, 5.41) is 10.4. The lowest BCUT2D eigenvalue weighted by Crippen LogP contribution is -2.14. The minimum Gasteiger partial charge on any atom is -0.309 e. The molecule has 10 aromatic rings. The molecule has 0 aliphatic rings. The Morgan fingerprint density at radius 3 is 1.65 bits per heavy atom. The van der Waals surface area contributed by atoms with Crippen LogP contribution < -0.4 is 0 Å².